The van der Waals surface area contributed by atoms with Crippen LogP contribution in [0.1, 0.15) is 36.0 Å². The van der Waals surface area contributed by atoms with Gasteiger partial charge in [0.15, 0.2) is 5.65 Å². The summed E-state index contributed by atoms with van der Waals surface area (Å²) in [6, 6.07) is 14.5. The van der Waals surface area contributed by atoms with Gasteiger partial charge in [0.25, 0.3) is 5.91 Å². The highest BCUT2D eigenvalue weighted by atomic mass is 35.5. The van der Waals surface area contributed by atoms with Gasteiger partial charge >= 0.3 is 5.97 Å². The van der Waals surface area contributed by atoms with Crippen molar-refractivity contribution in [1.82, 2.24) is 14.6 Å². The number of carbonyl (C=O) groups excluding carboxylic acids is 2. The molecule has 3 aromatic heterocycles. The van der Waals surface area contributed by atoms with Crippen LogP contribution >= 0.6 is 34.5 Å². The number of carbonyl (C=O) groups is 3. The summed E-state index contributed by atoms with van der Waals surface area (Å²) in [4.78, 5) is 42.3. The predicted molar refractivity (Wildman–Crippen MR) is 138 cm³/mol. The number of halogens is 2. The Hall–Kier alpha value is -4.05. The van der Waals surface area contributed by atoms with Crippen LogP contribution in [0.3, 0.4) is 0 Å². The zero-order chi connectivity index (χ0) is 25.4. The Morgan fingerprint density at radius 1 is 0.944 bits per heavy atom. The van der Waals surface area contributed by atoms with Gasteiger partial charge in [0.05, 0.1) is 43.5 Å². The maximum Gasteiger partial charge on any atom is 0.336 e. The van der Waals surface area contributed by atoms with Crippen LogP contribution < -0.4 is 5.32 Å². The zero-order valence-corrected chi connectivity index (χ0v) is 20.4. The van der Waals surface area contributed by atoms with E-state index in [1.807, 2.05) is 11.4 Å². The van der Waals surface area contributed by atoms with Crippen molar-refractivity contribution in [2.75, 3.05) is 5.32 Å². The summed E-state index contributed by atoms with van der Waals surface area (Å²) in [5.74, 6) is -2.13. The fourth-order valence-electron chi connectivity index (χ4n) is 3.68. The van der Waals surface area contributed by atoms with Crippen LogP contribution in [0.2, 0.25) is 10.0 Å². The smallest absolute Gasteiger partial charge is 0.336 e. The van der Waals surface area contributed by atoms with Crippen molar-refractivity contribution in [3.05, 3.63) is 104 Å². The molecule has 11 heteroatoms. The molecule has 0 saturated heterocycles. The van der Waals surface area contributed by atoms with Crippen molar-refractivity contribution < 1.29 is 19.5 Å². The van der Waals surface area contributed by atoms with Crippen LogP contribution in [-0.2, 0) is 0 Å². The van der Waals surface area contributed by atoms with E-state index in [2.05, 4.69) is 15.4 Å². The van der Waals surface area contributed by atoms with Gasteiger partial charge in [-0.25, -0.2) is 14.3 Å². The van der Waals surface area contributed by atoms with Crippen LogP contribution in [0.4, 0.5) is 5.69 Å². The van der Waals surface area contributed by atoms with Gasteiger partial charge in [0.2, 0.25) is 5.78 Å². The first kappa shape index (κ1) is 23.7. The number of thiophene rings is 1. The van der Waals surface area contributed by atoms with Crippen LogP contribution in [0.25, 0.3) is 16.9 Å². The SMILES string of the molecule is O=C(O)c1cc(Cl)c(Cl)cc1C(=O)Nc1cccc(-c2ccnc3c(C(=O)c4cccs4)cnn23)c1. The summed E-state index contributed by atoms with van der Waals surface area (Å²) in [6.45, 7) is 0. The lowest BCUT2D eigenvalue weighted by Gasteiger charge is -2.11. The van der Waals surface area contributed by atoms with E-state index in [0.29, 0.717) is 33.0 Å². The number of nitrogens with one attached hydrogen (secondary N) is 1. The second-order valence-electron chi connectivity index (χ2n) is 7.58. The Labute approximate surface area is 217 Å². The van der Waals surface area contributed by atoms with Crippen molar-refractivity contribution in [2.45, 2.75) is 0 Å². The van der Waals surface area contributed by atoms with Gasteiger partial charge in [-0.3, -0.25) is 9.59 Å². The Morgan fingerprint density at radius 2 is 1.72 bits per heavy atom. The number of nitrogens with zero attached hydrogens (tertiary/aromatic N) is 3. The summed E-state index contributed by atoms with van der Waals surface area (Å²) in [6.07, 6.45) is 3.06. The van der Waals surface area contributed by atoms with Crippen LogP contribution in [0.5, 0.6) is 0 Å². The molecule has 178 valence electrons. The van der Waals surface area contributed by atoms with Crippen molar-refractivity contribution in [3.63, 3.8) is 0 Å². The molecule has 0 fully saturated rings. The highest BCUT2D eigenvalue weighted by molar-refractivity contribution is 7.12. The first-order valence-electron chi connectivity index (χ1n) is 10.4. The molecule has 1 amide bonds. The Balaban J connectivity index is 1.49. The van der Waals surface area contributed by atoms with Gasteiger partial charge in [-0.1, -0.05) is 41.4 Å². The fraction of sp³-hybridized carbons (Fsp3) is 0. The van der Waals surface area contributed by atoms with Crippen molar-refractivity contribution in [3.8, 4) is 11.3 Å². The minimum atomic E-state index is -1.31. The third kappa shape index (κ3) is 4.35. The normalized spacial score (nSPS) is 10.9. The number of anilines is 1. The van der Waals surface area contributed by atoms with Crippen LogP contribution in [0.15, 0.2) is 72.4 Å². The molecule has 0 spiro atoms. The lowest BCUT2D eigenvalue weighted by molar-refractivity contribution is 0.0692. The van der Waals surface area contributed by atoms with Gasteiger partial charge in [0.1, 0.15) is 0 Å². The average molecular weight is 537 g/mol. The van der Waals surface area contributed by atoms with Gasteiger partial charge in [-0.2, -0.15) is 5.10 Å². The molecule has 0 saturated carbocycles. The first-order valence-corrected chi connectivity index (χ1v) is 12.0. The van der Waals surface area contributed by atoms with E-state index in [9.17, 15) is 19.5 Å². The maximum atomic E-state index is 12.9. The molecule has 8 nitrogen and oxygen atoms in total. The molecular formula is C25H14Cl2N4O4S. The van der Waals surface area contributed by atoms with Gasteiger partial charge in [-0.15, -0.1) is 11.3 Å². The van der Waals surface area contributed by atoms with E-state index in [0.717, 1.165) is 6.07 Å². The second kappa shape index (κ2) is 9.54. The monoisotopic (exact) mass is 536 g/mol. The summed E-state index contributed by atoms with van der Waals surface area (Å²) in [5.41, 5.74) is 2.12. The number of carboxylic acid groups (broad SMARTS) is 1. The molecule has 2 N–H and O–H groups in total. The van der Waals surface area contributed by atoms with Crippen LogP contribution in [-0.4, -0.2) is 37.4 Å². The molecule has 0 aliphatic heterocycles. The molecular weight excluding hydrogens is 523 g/mol. The zero-order valence-electron chi connectivity index (χ0n) is 18.1. The largest absolute Gasteiger partial charge is 0.478 e. The highest BCUT2D eigenvalue weighted by Crippen LogP contribution is 2.28. The number of benzene rings is 2. The lowest BCUT2D eigenvalue weighted by atomic mass is 10.1. The third-order valence-corrected chi connectivity index (χ3v) is 6.93. The molecule has 0 radical (unpaired) electrons. The Morgan fingerprint density at radius 3 is 2.44 bits per heavy atom. The molecule has 5 rings (SSSR count). The predicted octanol–water partition coefficient (Wildman–Crippen LogP) is 5.95. The minimum Gasteiger partial charge on any atom is -0.478 e. The number of hydrogen-bond donors (Lipinski definition) is 2. The van der Waals surface area contributed by atoms with E-state index in [-0.39, 0.29) is 27.0 Å². The summed E-state index contributed by atoms with van der Waals surface area (Å²) < 4.78 is 1.56. The molecule has 36 heavy (non-hydrogen) atoms. The molecule has 0 aliphatic rings. The van der Waals surface area contributed by atoms with Crippen molar-refractivity contribution >= 4 is 63.5 Å². The van der Waals surface area contributed by atoms with E-state index in [1.54, 1.807) is 47.1 Å². The number of ketones is 1. The topological polar surface area (TPSA) is 114 Å². The van der Waals surface area contributed by atoms with Gasteiger partial charge in [0, 0.05) is 17.4 Å². The number of carboxylic acids is 1. The average Bonchev–Trinajstić information content (AvgIpc) is 3.55. The van der Waals surface area contributed by atoms with E-state index >= 15 is 0 Å². The molecule has 0 atom stereocenters. The minimum absolute atomic E-state index is 0.0328. The Bertz CT molecular complexity index is 1660. The highest BCUT2D eigenvalue weighted by Gasteiger charge is 2.21. The lowest BCUT2D eigenvalue weighted by Crippen LogP contribution is -2.16. The number of aromatic carboxylic acids is 1. The summed E-state index contributed by atoms with van der Waals surface area (Å²) in [7, 11) is 0. The van der Waals surface area contributed by atoms with E-state index in [4.69, 9.17) is 23.2 Å². The number of hydrogen-bond acceptors (Lipinski definition) is 6. The number of rotatable bonds is 6. The molecule has 0 bridgehead atoms. The summed E-state index contributed by atoms with van der Waals surface area (Å²) in [5, 5.41) is 18.5. The Kier molecular flexibility index (Phi) is 6.27. The maximum absolute atomic E-state index is 12.9. The van der Waals surface area contributed by atoms with E-state index in [1.165, 1.54) is 23.6 Å². The standard InChI is InChI=1S/C25H14Cl2N4O4S/c26-18-10-15(16(25(34)35)11-19(18)27)24(33)30-14-4-1-3-13(9-14)20-6-7-28-23-17(12-29-31(20)23)22(32)21-5-2-8-36-21/h1-12H,(H,30,33)(H,34,35). The van der Waals surface area contributed by atoms with Crippen molar-refractivity contribution in [2.24, 2.45) is 0 Å². The number of amides is 1. The third-order valence-electron chi connectivity index (χ3n) is 5.34. The first-order chi connectivity index (χ1) is 17.3. The number of aromatic nitrogens is 3. The van der Waals surface area contributed by atoms with Gasteiger partial charge < -0.3 is 10.4 Å². The fourth-order valence-corrected chi connectivity index (χ4v) is 4.68. The molecule has 0 unspecified atom stereocenters. The summed E-state index contributed by atoms with van der Waals surface area (Å²) >= 11 is 13.3. The quantitative estimate of drug-likeness (QED) is 0.259. The molecule has 0 aliphatic carbocycles. The number of fused-ring (bicyclic) bond motifs is 1. The molecule has 3 heterocycles. The van der Waals surface area contributed by atoms with Crippen molar-refractivity contribution in [1.29, 1.82) is 0 Å². The van der Waals surface area contributed by atoms with E-state index < -0.39 is 11.9 Å². The molecule has 5 aromatic rings. The second-order valence-corrected chi connectivity index (χ2v) is 9.34. The van der Waals surface area contributed by atoms with Crippen LogP contribution in [0, 0.1) is 0 Å². The van der Waals surface area contributed by atoms with Gasteiger partial charge in [-0.05, 0) is 41.8 Å². The molecule has 2 aromatic carbocycles.